The Kier molecular flexibility index (Phi) is 3.89. The second kappa shape index (κ2) is 5.23. The third-order valence-electron chi connectivity index (χ3n) is 2.97. The van der Waals surface area contributed by atoms with Gasteiger partial charge in [0.25, 0.3) is 0 Å². The molecule has 1 heterocycles. The average Bonchev–Trinajstić information content (AvgIpc) is 2.30. The molecule has 1 atom stereocenters. The quantitative estimate of drug-likeness (QED) is 0.883. The summed E-state index contributed by atoms with van der Waals surface area (Å²) in [6.07, 6.45) is 0. The number of hydrogen-bond acceptors (Lipinski definition) is 3. The zero-order valence-corrected chi connectivity index (χ0v) is 10.6. The van der Waals surface area contributed by atoms with Crippen LogP contribution in [0.4, 0.5) is 14.5 Å². The number of rotatable bonds is 2. The predicted molar refractivity (Wildman–Crippen MR) is 68.4 cm³/mol. The molecule has 0 aromatic heterocycles. The summed E-state index contributed by atoms with van der Waals surface area (Å²) >= 11 is 1.81. The molecule has 2 nitrogen and oxygen atoms in total. The summed E-state index contributed by atoms with van der Waals surface area (Å²) < 4.78 is 27.8. The zero-order chi connectivity index (χ0) is 12.4. The average molecular weight is 258 g/mol. The first-order valence-corrected chi connectivity index (χ1v) is 6.81. The molecule has 1 aliphatic rings. The monoisotopic (exact) mass is 258 g/mol. The van der Waals surface area contributed by atoms with Gasteiger partial charge in [-0.05, 0) is 24.6 Å². The summed E-state index contributed by atoms with van der Waals surface area (Å²) in [6, 6.07) is 2.81. The highest BCUT2D eigenvalue weighted by atomic mass is 32.2. The molecule has 1 fully saturated rings. The Balaban J connectivity index is 2.37. The van der Waals surface area contributed by atoms with Gasteiger partial charge in [-0.15, -0.1) is 0 Å². The van der Waals surface area contributed by atoms with Crippen molar-refractivity contribution < 1.29 is 8.78 Å². The van der Waals surface area contributed by atoms with Crippen LogP contribution >= 0.6 is 11.8 Å². The number of hydrogen-bond donors (Lipinski definition) is 1. The van der Waals surface area contributed by atoms with E-state index in [1.807, 2.05) is 23.6 Å². The molecule has 2 N–H and O–H groups in total. The van der Waals surface area contributed by atoms with E-state index in [1.165, 1.54) is 12.1 Å². The molecule has 94 valence electrons. The van der Waals surface area contributed by atoms with Gasteiger partial charge in [0.2, 0.25) is 0 Å². The van der Waals surface area contributed by atoms with E-state index in [1.54, 1.807) is 0 Å². The maximum atomic E-state index is 13.9. The van der Waals surface area contributed by atoms with Gasteiger partial charge in [-0.2, -0.15) is 11.8 Å². The molecule has 17 heavy (non-hydrogen) atoms. The molecular weight excluding hydrogens is 242 g/mol. The number of anilines is 1. The van der Waals surface area contributed by atoms with Gasteiger partial charge in [-0.1, -0.05) is 0 Å². The molecule has 1 unspecified atom stereocenters. The molecular formula is C12H16F2N2S. The summed E-state index contributed by atoms with van der Waals surface area (Å²) in [7, 11) is 0. The largest absolute Gasteiger partial charge is 0.362 e. The van der Waals surface area contributed by atoms with Gasteiger partial charge >= 0.3 is 0 Å². The fraction of sp³-hybridized carbons (Fsp3) is 0.500. The van der Waals surface area contributed by atoms with Crippen molar-refractivity contribution >= 4 is 17.4 Å². The molecule has 1 saturated heterocycles. The van der Waals surface area contributed by atoms with Crippen molar-refractivity contribution in [3.8, 4) is 0 Å². The van der Waals surface area contributed by atoms with Crippen LogP contribution in [-0.2, 0) is 6.54 Å². The lowest BCUT2D eigenvalue weighted by atomic mass is 10.1. The number of halogens is 2. The maximum absolute atomic E-state index is 13.9. The van der Waals surface area contributed by atoms with E-state index in [4.69, 9.17) is 5.73 Å². The highest BCUT2D eigenvalue weighted by molar-refractivity contribution is 7.99. The Bertz CT molecular complexity index is 388. The molecule has 1 aromatic carbocycles. The first-order valence-electron chi connectivity index (χ1n) is 5.66. The minimum atomic E-state index is -0.510. The third-order valence-corrected chi connectivity index (χ3v) is 4.16. The van der Waals surface area contributed by atoms with Crippen LogP contribution < -0.4 is 10.6 Å². The van der Waals surface area contributed by atoms with E-state index in [0.29, 0.717) is 12.1 Å². The van der Waals surface area contributed by atoms with Gasteiger partial charge in [-0.25, -0.2) is 8.78 Å². The lowest BCUT2D eigenvalue weighted by molar-refractivity contribution is 0.555. The standard InChI is InChI=1S/C12H16F2N2S/c1-8-7-17-3-2-16(8)12-10(13)4-9(6-15)5-11(12)14/h4-5,8H,2-3,6-7,15H2,1H3. The SMILES string of the molecule is CC1CSCCN1c1c(F)cc(CN)cc1F. The van der Waals surface area contributed by atoms with Crippen molar-refractivity contribution in [1.29, 1.82) is 0 Å². The van der Waals surface area contributed by atoms with E-state index in [-0.39, 0.29) is 18.3 Å². The first kappa shape index (κ1) is 12.6. The Hall–Kier alpha value is -0.810. The highest BCUT2D eigenvalue weighted by Crippen LogP contribution is 2.29. The third kappa shape index (κ3) is 2.55. The lowest BCUT2D eigenvalue weighted by Crippen LogP contribution is -2.41. The molecule has 0 bridgehead atoms. The normalized spacial score (nSPS) is 20.7. The van der Waals surface area contributed by atoms with Crippen molar-refractivity contribution in [2.75, 3.05) is 23.0 Å². The fourth-order valence-corrected chi connectivity index (χ4v) is 3.08. The number of thioether (sulfide) groups is 1. The molecule has 0 aliphatic carbocycles. The number of nitrogens with zero attached hydrogens (tertiary/aromatic N) is 1. The van der Waals surface area contributed by atoms with E-state index < -0.39 is 11.6 Å². The molecule has 1 aromatic rings. The van der Waals surface area contributed by atoms with Gasteiger partial charge in [0, 0.05) is 30.6 Å². The second-order valence-corrected chi connectivity index (χ2v) is 5.38. The van der Waals surface area contributed by atoms with Crippen LogP contribution in [0.1, 0.15) is 12.5 Å². The molecule has 1 aliphatic heterocycles. The van der Waals surface area contributed by atoms with Gasteiger partial charge in [0.1, 0.15) is 17.3 Å². The van der Waals surface area contributed by atoms with Crippen LogP contribution in [0.15, 0.2) is 12.1 Å². The van der Waals surface area contributed by atoms with Crippen LogP contribution in [0.2, 0.25) is 0 Å². The second-order valence-electron chi connectivity index (χ2n) is 4.23. The summed E-state index contributed by atoms with van der Waals surface area (Å²) in [5.41, 5.74) is 5.97. The summed E-state index contributed by atoms with van der Waals surface area (Å²) in [4.78, 5) is 1.81. The highest BCUT2D eigenvalue weighted by Gasteiger charge is 2.24. The van der Waals surface area contributed by atoms with Crippen molar-refractivity contribution in [1.82, 2.24) is 0 Å². The Labute approximate surface area is 104 Å². The number of benzene rings is 1. The molecule has 0 saturated carbocycles. The topological polar surface area (TPSA) is 29.3 Å². The van der Waals surface area contributed by atoms with Crippen molar-refractivity contribution in [3.63, 3.8) is 0 Å². The van der Waals surface area contributed by atoms with Crippen LogP contribution in [-0.4, -0.2) is 24.1 Å². The molecule has 0 radical (unpaired) electrons. The van der Waals surface area contributed by atoms with Crippen LogP contribution in [0.3, 0.4) is 0 Å². The van der Waals surface area contributed by atoms with Crippen LogP contribution in [0.25, 0.3) is 0 Å². The van der Waals surface area contributed by atoms with Crippen molar-refractivity contribution in [2.45, 2.75) is 19.5 Å². The van der Waals surface area contributed by atoms with Crippen molar-refractivity contribution in [3.05, 3.63) is 29.3 Å². The summed E-state index contributed by atoms with van der Waals surface area (Å²) in [5, 5.41) is 0. The van der Waals surface area contributed by atoms with E-state index in [2.05, 4.69) is 0 Å². The predicted octanol–water partition coefficient (Wildman–Crippen LogP) is 2.37. The van der Waals surface area contributed by atoms with Crippen molar-refractivity contribution in [2.24, 2.45) is 5.73 Å². The van der Waals surface area contributed by atoms with E-state index in [9.17, 15) is 8.78 Å². The molecule has 0 spiro atoms. The zero-order valence-electron chi connectivity index (χ0n) is 9.75. The van der Waals surface area contributed by atoms with Gasteiger partial charge in [-0.3, -0.25) is 0 Å². The Morgan fingerprint density at radius 2 is 2.06 bits per heavy atom. The van der Waals surface area contributed by atoms with E-state index >= 15 is 0 Å². The Morgan fingerprint density at radius 1 is 1.41 bits per heavy atom. The Morgan fingerprint density at radius 3 is 2.59 bits per heavy atom. The van der Waals surface area contributed by atoms with Crippen LogP contribution in [0, 0.1) is 11.6 Å². The summed E-state index contributed by atoms with van der Waals surface area (Å²) in [6.45, 7) is 2.82. The minimum Gasteiger partial charge on any atom is -0.362 e. The molecule has 5 heteroatoms. The lowest BCUT2D eigenvalue weighted by Gasteiger charge is -2.35. The fourth-order valence-electron chi connectivity index (χ4n) is 2.07. The maximum Gasteiger partial charge on any atom is 0.149 e. The van der Waals surface area contributed by atoms with Gasteiger partial charge in [0.15, 0.2) is 0 Å². The smallest absolute Gasteiger partial charge is 0.149 e. The molecule has 0 amide bonds. The van der Waals surface area contributed by atoms with Crippen LogP contribution in [0.5, 0.6) is 0 Å². The minimum absolute atomic E-state index is 0.0926. The van der Waals surface area contributed by atoms with Gasteiger partial charge in [0.05, 0.1) is 0 Å². The van der Waals surface area contributed by atoms with E-state index in [0.717, 1.165) is 11.5 Å². The number of nitrogens with two attached hydrogens (primary N) is 1. The summed E-state index contributed by atoms with van der Waals surface area (Å²) in [5.74, 6) is 0.785. The van der Waals surface area contributed by atoms with Gasteiger partial charge < -0.3 is 10.6 Å². The molecule has 2 rings (SSSR count). The first-order chi connectivity index (χ1) is 8.13.